The predicted molar refractivity (Wildman–Crippen MR) is 70.3 cm³/mol. The zero-order valence-corrected chi connectivity index (χ0v) is 9.33. The molecule has 2 aromatic carbocycles. The summed E-state index contributed by atoms with van der Waals surface area (Å²) in [6.45, 7) is 0. The van der Waals surface area contributed by atoms with Crippen LogP contribution >= 0.6 is 0 Å². The molecule has 0 saturated heterocycles. The summed E-state index contributed by atoms with van der Waals surface area (Å²) in [7, 11) is 0. The van der Waals surface area contributed by atoms with Crippen molar-refractivity contribution in [1.29, 1.82) is 0 Å². The molecular formula is C13H9N3O2. The molecule has 0 aliphatic rings. The van der Waals surface area contributed by atoms with Crippen LogP contribution in [0.15, 0.2) is 42.5 Å². The molecular weight excluding hydrogens is 230 g/mol. The third-order valence-corrected chi connectivity index (χ3v) is 2.84. The van der Waals surface area contributed by atoms with Gasteiger partial charge in [0, 0.05) is 22.5 Å². The average molecular weight is 239 g/mol. The van der Waals surface area contributed by atoms with Gasteiger partial charge in [-0.15, -0.1) is 0 Å². The molecule has 3 aromatic rings. The van der Waals surface area contributed by atoms with Gasteiger partial charge in [-0.1, -0.05) is 12.1 Å². The smallest absolute Gasteiger partial charge is 0.295 e. The van der Waals surface area contributed by atoms with Crippen molar-refractivity contribution in [2.75, 3.05) is 5.73 Å². The second-order valence-electron chi connectivity index (χ2n) is 4.05. The van der Waals surface area contributed by atoms with Crippen LogP contribution in [0.4, 0.5) is 11.4 Å². The van der Waals surface area contributed by atoms with Gasteiger partial charge in [0.2, 0.25) is 0 Å². The van der Waals surface area contributed by atoms with Gasteiger partial charge in [-0.3, -0.25) is 10.1 Å². The highest BCUT2D eigenvalue weighted by Gasteiger charge is 2.13. The first kappa shape index (κ1) is 10.5. The first-order valence-corrected chi connectivity index (χ1v) is 5.38. The molecule has 0 saturated carbocycles. The van der Waals surface area contributed by atoms with E-state index in [1.807, 2.05) is 6.07 Å². The number of benzene rings is 2. The van der Waals surface area contributed by atoms with Crippen molar-refractivity contribution in [2.45, 2.75) is 0 Å². The highest BCUT2D eigenvalue weighted by Crippen LogP contribution is 2.27. The predicted octanol–water partition coefficient (Wildman–Crippen LogP) is 2.88. The maximum absolute atomic E-state index is 11.0. The minimum atomic E-state index is -0.418. The van der Waals surface area contributed by atoms with Crippen molar-refractivity contribution in [3.63, 3.8) is 0 Å². The first-order valence-electron chi connectivity index (χ1n) is 5.38. The Morgan fingerprint density at radius 2 is 1.94 bits per heavy atom. The van der Waals surface area contributed by atoms with Crippen molar-refractivity contribution in [1.82, 2.24) is 4.98 Å². The van der Waals surface area contributed by atoms with Crippen molar-refractivity contribution in [2.24, 2.45) is 0 Å². The van der Waals surface area contributed by atoms with Gasteiger partial charge in [-0.2, -0.15) is 0 Å². The molecule has 0 fully saturated rings. The maximum Gasteiger partial charge on any atom is 0.295 e. The van der Waals surface area contributed by atoms with Crippen LogP contribution in [0.2, 0.25) is 0 Å². The van der Waals surface area contributed by atoms with Crippen LogP contribution in [0.5, 0.6) is 0 Å². The van der Waals surface area contributed by atoms with E-state index in [-0.39, 0.29) is 5.69 Å². The molecule has 88 valence electrons. The Morgan fingerprint density at radius 3 is 2.72 bits per heavy atom. The number of anilines is 1. The fourth-order valence-corrected chi connectivity index (χ4v) is 2.01. The van der Waals surface area contributed by atoms with E-state index in [4.69, 9.17) is 5.73 Å². The van der Waals surface area contributed by atoms with Gasteiger partial charge >= 0.3 is 0 Å². The highest BCUT2D eigenvalue weighted by molar-refractivity contribution is 5.97. The average Bonchev–Trinajstić information content (AvgIpc) is 2.35. The fourth-order valence-electron chi connectivity index (χ4n) is 2.01. The Balaban J connectivity index is 2.44. The van der Waals surface area contributed by atoms with E-state index >= 15 is 0 Å². The minimum Gasteiger partial charge on any atom is -0.399 e. The van der Waals surface area contributed by atoms with E-state index in [0.29, 0.717) is 16.7 Å². The van der Waals surface area contributed by atoms with E-state index in [1.54, 1.807) is 30.3 Å². The fraction of sp³-hybridized carbons (Fsp3) is 0. The molecule has 0 amide bonds. The maximum atomic E-state index is 11.0. The molecule has 0 aliphatic heterocycles. The lowest BCUT2D eigenvalue weighted by molar-refractivity contribution is -0.383. The Labute approximate surface area is 102 Å². The number of nitro groups is 1. The van der Waals surface area contributed by atoms with E-state index in [1.165, 1.54) is 6.07 Å². The second-order valence-corrected chi connectivity index (χ2v) is 4.05. The summed E-state index contributed by atoms with van der Waals surface area (Å²) in [5, 5.41) is 12.6. The summed E-state index contributed by atoms with van der Waals surface area (Å²) in [5.74, 6) is 0. The lowest BCUT2D eigenvalue weighted by atomic mass is 10.1. The molecule has 3 rings (SSSR count). The lowest BCUT2D eigenvalue weighted by Crippen LogP contribution is -1.92. The molecule has 0 aliphatic carbocycles. The van der Waals surface area contributed by atoms with Crippen LogP contribution in [0.3, 0.4) is 0 Å². The van der Waals surface area contributed by atoms with Crippen LogP contribution in [0.25, 0.3) is 21.8 Å². The molecule has 0 spiro atoms. The summed E-state index contributed by atoms with van der Waals surface area (Å²) >= 11 is 0. The van der Waals surface area contributed by atoms with E-state index in [2.05, 4.69) is 4.98 Å². The number of fused-ring (bicyclic) bond motifs is 2. The molecule has 18 heavy (non-hydrogen) atoms. The third kappa shape index (κ3) is 1.53. The molecule has 1 aromatic heterocycles. The molecule has 1 heterocycles. The summed E-state index contributed by atoms with van der Waals surface area (Å²) < 4.78 is 0. The molecule has 0 atom stereocenters. The van der Waals surface area contributed by atoms with Crippen molar-refractivity contribution >= 4 is 33.2 Å². The van der Waals surface area contributed by atoms with Gasteiger partial charge in [-0.25, -0.2) is 4.98 Å². The van der Waals surface area contributed by atoms with Crippen LogP contribution in [-0.2, 0) is 0 Å². The van der Waals surface area contributed by atoms with Gasteiger partial charge in [0.05, 0.1) is 10.4 Å². The Hall–Kier alpha value is -2.69. The normalized spacial score (nSPS) is 10.9. The number of nitro benzene ring substituents is 1. The number of hydrogen-bond acceptors (Lipinski definition) is 4. The van der Waals surface area contributed by atoms with Crippen LogP contribution in [0.1, 0.15) is 0 Å². The minimum absolute atomic E-state index is 0.0197. The van der Waals surface area contributed by atoms with Gasteiger partial charge in [0.25, 0.3) is 5.69 Å². The topological polar surface area (TPSA) is 82.0 Å². The van der Waals surface area contributed by atoms with Gasteiger partial charge in [-0.05, 0) is 24.3 Å². The summed E-state index contributed by atoms with van der Waals surface area (Å²) in [6, 6.07) is 12.1. The largest absolute Gasteiger partial charge is 0.399 e. The number of non-ortho nitro benzene ring substituents is 1. The number of aromatic nitrogens is 1. The van der Waals surface area contributed by atoms with Gasteiger partial charge in [0.1, 0.15) is 5.52 Å². The molecule has 0 radical (unpaired) electrons. The second kappa shape index (κ2) is 3.66. The van der Waals surface area contributed by atoms with Crippen molar-refractivity contribution in [3.05, 3.63) is 52.6 Å². The van der Waals surface area contributed by atoms with Crippen molar-refractivity contribution < 1.29 is 4.92 Å². The molecule has 5 nitrogen and oxygen atoms in total. The first-order chi connectivity index (χ1) is 8.65. The standard InChI is InChI=1S/C13H9N3O2/c14-10-4-5-11-9(7-10)6-8-2-1-3-12(16(17)18)13(8)15-11/h1-7H,14H2. The number of pyridine rings is 1. The summed E-state index contributed by atoms with van der Waals surface area (Å²) in [5.41, 5.74) is 7.48. The Bertz CT molecular complexity index is 784. The number of nitrogen functional groups attached to an aromatic ring is 1. The van der Waals surface area contributed by atoms with E-state index < -0.39 is 4.92 Å². The molecule has 5 heteroatoms. The van der Waals surface area contributed by atoms with Crippen LogP contribution < -0.4 is 5.73 Å². The van der Waals surface area contributed by atoms with Gasteiger partial charge < -0.3 is 5.73 Å². The molecule has 0 unspecified atom stereocenters. The van der Waals surface area contributed by atoms with Crippen LogP contribution in [-0.4, -0.2) is 9.91 Å². The third-order valence-electron chi connectivity index (χ3n) is 2.84. The Kier molecular flexibility index (Phi) is 2.13. The van der Waals surface area contributed by atoms with E-state index in [0.717, 1.165) is 10.8 Å². The van der Waals surface area contributed by atoms with E-state index in [9.17, 15) is 10.1 Å². The summed E-state index contributed by atoms with van der Waals surface area (Å²) in [6.07, 6.45) is 0. The zero-order chi connectivity index (χ0) is 12.7. The number of rotatable bonds is 1. The molecule has 2 N–H and O–H groups in total. The lowest BCUT2D eigenvalue weighted by Gasteiger charge is -2.03. The number of nitrogens with zero attached hydrogens (tertiary/aromatic N) is 2. The number of hydrogen-bond donors (Lipinski definition) is 1. The summed E-state index contributed by atoms with van der Waals surface area (Å²) in [4.78, 5) is 14.9. The van der Waals surface area contributed by atoms with Crippen LogP contribution in [0, 0.1) is 10.1 Å². The van der Waals surface area contributed by atoms with Gasteiger partial charge in [0.15, 0.2) is 0 Å². The number of nitrogens with two attached hydrogens (primary N) is 1. The zero-order valence-electron chi connectivity index (χ0n) is 9.33. The quantitative estimate of drug-likeness (QED) is 0.306. The highest BCUT2D eigenvalue weighted by atomic mass is 16.6. The van der Waals surface area contributed by atoms with Crippen molar-refractivity contribution in [3.8, 4) is 0 Å². The Morgan fingerprint density at radius 1 is 1.11 bits per heavy atom. The molecule has 0 bridgehead atoms. The number of para-hydroxylation sites is 1. The monoisotopic (exact) mass is 239 g/mol. The SMILES string of the molecule is Nc1ccc2nc3c([N+](=O)[O-])cccc3cc2c1.